The van der Waals surface area contributed by atoms with Crippen molar-refractivity contribution in [2.24, 2.45) is 0 Å². The van der Waals surface area contributed by atoms with Crippen molar-refractivity contribution in [1.29, 1.82) is 0 Å². The Morgan fingerprint density at radius 3 is 2.42 bits per heavy atom. The second kappa shape index (κ2) is 6.54. The van der Waals surface area contributed by atoms with E-state index in [0.717, 1.165) is 11.1 Å². The Labute approximate surface area is 152 Å². The lowest BCUT2D eigenvalue weighted by molar-refractivity contribution is 0.284. The van der Waals surface area contributed by atoms with E-state index in [1.807, 2.05) is 60.7 Å². The summed E-state index contributed by atoms with van der Waals surface area (Å²) in [6.45, 7) is 0. The zero-order valence-electron chi connectivity index (χ0n) is 14.6. The van der Waals surface area contributed by atoms with Crippen molar-refractivity contribution in [2.75, 3.05) is 14.2 Å². The molecule has 0 aromatic heterocycles. The van der Waals surface area contributed by atoms with Gasteiger partial charge in [0.25, 0.3) is 0 Å². The molecule has 1 unspecified atom stereocenters. The number of hydrogen-bond donors (Lipinski definition) is 0. The first-order valence-corrected chi connectivity index (χ1v) is 9.97. The third-order valence-electron chi connectivity index (χ3n) is 4.60. The first-order valence-electron chi connectivity index (χ1n) is 8.34. The molecule has 5 heteroatoms. The average Bonchev–Trinajstić information content (AvgIpc) is 2.91. The quantitative estimate of drug-likeness (QED) is 0.718. The molecule has 1 aliphatic heterocycles. The van der Waals surface area contributed by atoms with Crippen molar-refractivity contribution in [2.45, 2.75) is 6.42 Å². The van der Waals surface area contributed by atoms with E-state index < -0.39 is 7.37 Å². The average molecular weight is 366 g/mol. The van der Waals surface area contributed by atoms with Gasteiger partial charge in [-0.25, -0.2) is 0 Å². The van der Waals surface area contributed by atoms with Crippen molar-refractivity contribution < 1.29 is 18.6 Å². The molecule has 0 bridgehead atoms. The fourth-order valence-corrected chi connectivity index (χ4v) is 5.68. The van der Waals surface area contributed by atoms with Crippen molar-refractivity contribution in [3.05, 3.63) is 83.6 Å². The van der Waals surface area contributed by atoms with Gasteiger partial charge in [-0.3, -0.25) is 4.57 Å². The summed E-state index contributed by atoms with van der Waals surface area (Å²) < 4.78 is 31.2. The van der Waals surface area contributed by atoms with Gasteiger partial charge in [0.05, 0.1) is 19.5 Å². The maximum atomic E-state index is 14.2. The summed E-state index contributed by atoms with van der Waals surface area (Å²) in [6, 6.07) is 15.4. The Bertz CT molecular complexity index is 1000. The number of allylic oxidation sites excluding steroid dienone is 4. The third-order valence-corrected chi connectivity index (χ3v) is 7.12. The molecular formula is C21H19O4P. The molecule has 2 aromatic carbocycles. The summed E-state index contributed by atoms with van der Waals surface area (Å²) in [4.78, 5) is 0. The lowest BCUT2D eigenvalue weighted by Crippen LogP contribution is -2.19. The molecule has 1 atom stereocenters. The Morgan fingerprint density at radius 1 is 0.923 bits per heavy atom. The van der Waals surface area contributed by atoms with E-state index in [-0.39, 0.29) is 0 Å². The molecule has 0 saturated heterocycles. The minimum Gasteiger partial charge on any atom is -0.501 e. The fraction of sp³-hybridized carbons (Fsp3) is 0.143. The number of methoxy groups -OCH3 is 2. The first-order chi connectivity index (χ1) is 12.7. The van der Waals surface area contributed by atoms with Gasteiger partial charge in [-0.05, 0) is 35.9 Å². The van der Waals surface area contributed by atoms with Crippen LogP contribution in [0.1, 0.15) is 6.42 Å². The molecule has 0 amide bonds. The standard InChI is InChI=1S/C21H19O4P/c1-23-15-11-12-16(24-2)14-17(13-15)26(22)21-10-6-4-8-19(21)18-7-3-5-9-20(18)25-26/h3-13H,14H2,1-2H3. The molecular weight excluding hydrogens is 347 g/mol. The van der Waals surface area contributed by atoms with E-state index in [1.165, 1.54) is 0 Å². The molecule has 26 heavy (non-hydrogen) atoms. The van der Waals surface area contributed by atoms with Gasteiger partial charge in [0.1, 0.15) is 17.3 Å². The summed E-state index contributed by atoms with van der Waals surface area (Å²) >= 11 is 0. The van der Waals surface area contributed by atoms with Crippen LogP contribution in [0, 0.1) is 0 Å². The highest BCUT2D eigenvalue weighted by molar-refractivity contribution is 7.71. The minimum atomic E-state index is -3.32. The van der Waals surface area contributed by atoms with Crippen LogP contribution in [-0.2, 0) is 14.0 Å². The zero-order valence-corrected chi connectivity index (χ0v) is 15.5. The van der Waals surface area contributed by atoms with Crippen LogP contribution in [0.4, 0.5) is 0 Å². The highest BCUT2D eigenvalue weighted by atomic mass is 31.2. The molecule has 4 nitrogen and oxygen atoms in total. The number of para-hydroxylation sites is 1. The maximum absolute atomic E-state index is 14.2. The smallest absolute Gasteiger partial charge is 0.304 e. The monoisotopic (exact) mass is 366 g/mol. The number of fused-ring (bicyclic) bond motifs is 3. The minimum absolute atomic E-state index is 0.396. The molecule has 1 aliphatic carbocycles. The Balaban J connectivity index is 1.92. The molecule has 4 rings (SSSR count). The molecule has 1 heterocycles. The summed E-state index contributed by atoms with van der Waals surface area (Å²) in [5, 5.41) is 1.36. The molecule has 0 radical (unpaired) electrons. The van der Waals surface area contributed by atoms with Crippen LogP contribution in [0.3, 0.4) is 0 Å². The van der Waals surface area contributed by atoms with E-state index in [0.29, 0.717) is 34.3 Å². The lowest BCUT2D eigenvalue weighted by Gasteiger charge is -2.30. The largest absolute Gasteiger partial charge is 0.501 e. The predicted molar refractivity (Wildman–Crippen MR) is 103 cm³/mol. The van der Waals surface area contributed by atoms with Gasteiger partial charge >= 0.3 is 7.37 Å². The van der Waals surface area contributed by atoms with Gasteiger partial charge < -0.3 is 14.0 Å². The Hall–Kier alpha value is -2.71. The highest BCUT2D eigenvalue weighted by Crippen LogP contribution is 2.61. The Morgan fingerprint density at radius 2 is 1.65 bits per heavy atom. The van der Waals surface area contributed by atoms with Gasteiger partial charge in [-0.15, -0.1) is 0 Å². The highest BCUT2D eigenvalue weighted by Gasteiger charge is 2.40. The fourth-order valence-electron chi connectivity index (χ4n) is 3.26. The Kier molecular flexibility index (Phi) is 4.21. The third kappa shape index (κ3) is 2.67. The summed E-state index contributed by atoms with van der Waals surface area (Å²) in [6.07, 6.45) is 5.84. The number of benzene rings is 2. The summed E-state index contributed by atoms with van der Waals surface area (Å²) in [7, 11) is -0.124. The van der Waals surface area contributed by atoms with E-state index in [1.54, 1.807) is 20.3 Å². The van der Waals surface area contributed by atoms with E-state index in [4.69, 9.17) is 14.0 Å². The van der Waals surface area contributed by atoms with E-state index >= 15 is 0 Å². The van der Waals surface area contributed by atoms with Crippen molar-refractivity contribution >= 4 is 12.7 Å². The van der Waals surface area contributed by atoms with Crippen molar-refractivity contribution in [3.8, 4) is 16.9 Å². The first kappa shape index (κ1) is 16.7. The van der Waals surface area contributed by atoms with Crippen LogP contribution >= 0.6 is 7.37 Å². The lowest BCUT2D eigenvalue weighted by atomic mass is 10.0. The van der Waals surface area contributed by atoms with E-state index in [9.17, 15) is 4.57 Å². The zero-order chi connectivity index (χ0) is 18.1. The maximum Gasteiger partial charge on any atom is 0.304 e. The molecule has 132 valence electrons. The molecule has 2 aromatic rings. The van der Waals surface area contributed by atoms with Gasteiger partial charge in [-0.1, -0.05) is 36.4 Å². The van der Waals surface area contributed by atoms with Crippen LogP contribution in [0.25, 0.3) is 11.1 Å². The molecule has 0 saturated carbocycles. The van der Waals surface area contributed by atoms with Crippen LogP contribution in [0.5, 0.6) is 5.75 Å². The van der Waals surface area contributed by atoms with Crippen LogP contribution < -0.4 is 9.83 Å². The van der Waals surface area contributed by atoms with E-state index in [2.05, 4.69) is 0 Å². The van der Waals surface area contributed by atoms with Gasteiger partial charge in [0, 0.05) is 17.3 Å². The second-order valence-corrected chi connectivity index (χ2v) is 8.42. The van der Waals surface area contributed by atoms with Crippen LogP contribution in [0.2, 0.25) is 0 Å². The summed E-state index contributed by atoms with van der Waals surface area (Å²) in [5.74, 6) is 1.95. The topological polar surface area (TPSA) is 44.8 Å². The van der Waals surface area contributed by atoms with Crippen molar-refractivity contribution in [1.82, 2.24) is 0 Å². The SMILES string of the molecule is COC1=CC=C(OC)CC(P2(=O)Oc3ccccc3-c3ccccc32)=C1. The van der Waals surface area contributed by atoms with Gasteiger partial charge in [-0.2, -0.15) is 0 Å². The molecule has 2 aliphatic rings. The van der Waals surface area contributed by atoms with Gasteiger partial charge in [0.15, 0.2) is 0 Å². The molecule has 0 fully saturated rings. The molecule has 0 spiro atoms. The normalized spacial score (nSPS) is 21.1. The number of hydrogen-bond acceptors (Lipinski definition) is 4. The van der Waals surface area contributed by atoms with Crippen LogP contribution in [0.15, 0.2) is 83.6 Å². The number of ether oxygens (including phenoxy) is 2. The van der Waals surface area contributed by atoms with Crippen molar-refractivity contribution in [3.63, 3.8) is 0 Å². The predicted octanol–water partition coefficient (Wildman–Crippen LogP) is 5.00. The second-order valence-electron chi connectivity index (χ2n) is 6.08. The number of rotatable bonds is 3. The van der Waals surface area contributed by atoms with Crippen LogP contribution in [-0.4, -0.2) is 14.2 Å². The van der Waals surface area contributed by atoms with Gasteiger partial charge in [0.2, 0.25) is 0 Å². The summed E-state index contributed by atoms with van der Waals surface area (Å²) in [5.41, 5.74) is 1.89. The molecule has 0 N–H and O–H groups in total.